The van der Waals surface area contributed by atoms with E-state index in [0.717, 1.165) is 63.5 Å². The Morgan fingerprint density at radius 3 is 2.74 bits per heavy atom. The zero-order valence-electron chi connectivity index (χ0n) is 15.7. The fourth-order valence-corrected chi connectivity index (χ4v) is 3.71. The molecule has 0 bridgehead atoms. The van der Waals surface area contributed by atoms with Crippen molar-refractivity contribution in [2.24, 2.45) is 0 Å². The molecule has 0 radical (unpaired) electrons. The molecule has 0 saturated carbocycles. The molecule has 3 heterocycles. The minimum Gasteiger partial charge on any atom is -0.475 e. The highest BCUT2D eigenvalue weighted by atomic mass is 16.5. The highest BCUT2D eigenvalue weighted by Crippen LogP contribution is 2.27. The van der Waals surface area contributed by atoms with E-state index in [1.165, 1.54) is 11.3 Å². The predicted molar refractivity (Wildman–Crippen MR) is 102 cm³/mol. The summed E-state index contributed by atoms with van der Waals surface area (Å²) in [6.07, 6.45) is 3.24. The van der Waals surface area contributed by atoms with Gasteiger partial charge in [0, 0.05) is 44.5 Å². The lowest BCUT2D eigenvalue weighted by Crippen LogP contribution is -2.48. The Balaban J connectivity index is 1.30. The molecule has 140 valence electrons. The van der Waals surface area contributed by atoms with Gasteiger partial charge in [-0.25, -0.2) is 4.98 Å². The summed E-state index contributed by atoms with van der Waals surface area (Å²) in [6.45, 7) is 6.99. The lowest BCUT2D eigenvalue weighted by molar-refractivity contribution is 0.195. The minimum atomic E-state index is 0.570. The van der Waals surface area contributed by atoms with Crippen molar-refractivity contribution in [1.82, 2.24) is 20.1 Å². The number of ether oxygens (including phenoxy) is 1. The maximum atomic E-state index is 9.52. The van der Waals surface area contributed by atoms with Crippen LogP contribution in [-0.2, 0) is 12.8 Å². The van der Waals surface area contributed by atoms with Gasteiger partial charge in [0.1, 0.15) is 18.5 Å². The molecular weight excluding hydrogens is 340 g/mol. The third-order valence-corrected chi connectivity index (χ3v) is 5.25. The zero-order valence-corrected chi connectivity index (χ0v) is 15.7. The molecule has 2 aliphatic rings. The van der Waals surface area contributed by atoms with Gasteiger partial charge in [-0.15, -0.1) is 5.10 Å². The molecule has 1 aliphatic carbocycles. The average Bonchev–Trinajstić information content (AvgIpc) is 3.16. The summed E-state index contributed by atoms with van der Waals surface area (Å²) < 4.78 is 5.68. The SMILES string of the molecule is Cc1ccc(OCCN2CCN(c3nc4c(cc3C#N)CCC4)CC2)nn1. The Hall–Kier alpha value is -2.72. The summed E-state index contributed by atoms with van der Waals surface area (Å²) in [4.78, 5) is 9.45. The number of nitriles is 1. The third kappa shape index (κ3) is 4.01. The number of pyridine rings is 1. The summed E-state index contributed by atoms with van der Waals surface area (Å²) >= 11 is 0. The van der Waals surface area contributed by atoms with Crippen LogP contribution < -0.4 is 9.64 Å². The highest BCUT2D eigenvalue weighted by Gasteiger charge is 2.23. The third-order valence-electron chi connectivity index (χ3n) is 5.25. The Morgan fingerprint density at radius 2 is 2.00 bits per heavy atom. The fourth-order valence-electron chi connectivity index (χ4n) is 3.71. The van der Waals surface area contributed by atoms with Gasteiger partial charge in [-0.2, -0.15) is 10.4 Å². The van der Waals surface area contributed by atoms with Crippen molar-refractivity contribution in [1.29, 1.82) is 5.26 Å². The van der Waals surface area contributed by atoms with E-state index in [9.17, 15) is 5.26 Å². The Kier molecular flexibility index (Phi) is 5.16. The van der Waals surface area contributed by atoms with Gasteiger partial charge < -0.3 is 9.64 Å². The van der Waals surface area contributed by atoms with Gasteiger partial charge >= 0.3 is 0 Å². The molecule has 0 unspecified atom stereocenters. The lowest BCUT2D eigenvalue weighted by atomic mass is 10.1. The molecule has 1 saturated heterocycles. The van der Waals surface area contributed by atoms with Crippen molar-refractivity contribution in [3.05, 3.63) is 40.7 Å². The van der Waals surface area contributed by atoms with Crippen molar-refractivity contribution in [2.75, 3.05) is 44.2 Å². The van der Waals surface area contributed by atoms with E-state index < -0.39 is 0 Å². The normalized spacial score (nSPS) is 16.8. The maximum Gasteiger partial charge on any atom is 0.233 e. The Morgan fingerprint density at radius 1 is 1.15 bits per heavy atom. The first-order chi connectivity index (χ1) is 13.2. The fraction of sp³-hybridized carbons (Fsp3) is 0.500. The summed E-state index contributed by atoms with van der Waals surface area (Å²) in [5, 5.41) is 17.5. The first-order valence-electron chi connectivity index (χ1n) is 9.56. The number of rotatable bonds is 5. The topological polar surface area (TPSA) is 78.2 Å². The van der Waals surface area contributed by atoms with Gasteiger partial charge in [0.25, 0.3) is 0 Å². The number of anilines is 1. The first-order valence-corrected chi connectivity index (χ1v) is 9.56. The van der Waals surface area contributed by atoms with Crippen LogP contribution in [0.3, 0.4) is 0 Å². The van der Waals surface area contributed by atoms with Gasteiger partial charge in [0.15, 0.2) is 0 Å². The molecule has 2 aromatic rings. The number of nitrogens with zero attached hydrogens (tertiary/aromatic N) is 6. The van der Waals surface area contributed by atoms with Crippen molar-refractivity contribution in [3.8, 4) is 11.9 Å². The monoisotopic (exact) mass is 364 g/mol. The van der Waals surface area contributed by atoms with Crippen LogP contribution in [0.25, 0.3) is 0 Å². The van der Waals surface area contributed by atoms with Crippen LogP contribution in [-0.4, -0.2) is 59.4 Å². The average molecular weight is 364 g/mol. The standard InChI is InChI=1S/C20H24N6O/c1-15-5-6-19(24-23-15)27-12-11-25-7-9-26(10-8-25)20-17(14-21)13-16-3-2-4-18(16)22-20/h5-6,13H,2-4,7-12H2,1H3. The van der Waals surface area contributed by atoms with E-state index in [-0.39, 0.29) is 0 Å². The zero-order chi connectivity index (χ0) is 18.6. The van der Waals surface area contributed by atoms with Gasteiger partial charge in [0.2, 0.25) is 5.88 Å². The second kappa shape index (κ2) is 7.89. The van der Waals surface area contributed by atoms with Crippen LogP contribution in [0.2, 0.25) is 0 Å². The molecule has 7 heteroatoms. The van der Waals surface area contributed by atoms with Gasteiger partial charge in [-0.3, -0.25) is 4.90 Å². The largest absolute Gasteiger partial charge is 0.475 e. The second-order valence-corrected chi connectivity index (χ2v) is 7.12. The van der Waals surface area contributed by atoms with E-state index >= 15 is 0 Å². The smallest absolute Gasteiger partial charge is 0.233 e. The quantitative estimate of drug-likeness (QED) is 0.800. The number of aromatic nitrogens is 3. The van der Waals surface area contributed by atoms with E-state index in [1.54, 1.807) is 0 Å². The van der Waals surface area contributed by atoms with Crippen LogP contribution in [0.1, 0.15) is 28.9 Å². The van der Waals surface area contributed by atoms with E-state index in [0.29, 0.717) is 18.1 Å². The summed E-state index contributed by atoms with van der Waals surface area (Å²) in [5.41, 5.74) is 4.03. The second-order valence-electron chi connectivity index (χ2n) is 7.12. The molecule has 7 nitrogen and oxygen atoms in total. The van der Waals surface area contributed by atoms with Crippen molar-refractivity contribution in [3.63, 3.8) is 0 Å². The molecule has 0 spiro atoms. The molecule has 27 heavy (non-hydrogen) atoms. The van der Waals surface area contributed by atoms with E-state index in [1.807, 2.05) is 25.1 Å². The number of fused-ring (bicyclic) bond motifs is 1. The van der Waals surface area contributed by atoms with Crippen molar-refractivity contribution in [2.45, 2.75) is 26.2 Å². The first kappa shape index (κ1) is 17.7. The summed E-state index contributed by atoms with van der Waals surface area (Å²) in [5.74, 6) is 1.43. The molecule has 4 rings (SSSR count). The number of piperazine rings is 1. The van der Waals surface area contributed by atoms with E-state index in [2.05, 4.69) is 26.1 Å². The molecule has 0 atom stereocenters. The van der Waals surface area contributed by atoms with E-state index in [4.69, 9.17) is 9.72 Å². The summed E-state index contributed by atoms with van der Waals surface area (Å²) in [7, 11) is 0. The van der Waals surface area contributed by atoms with Crippen LogP contribution in [0.15, 0.2) is 18.2 Å². The van der Waals surface area contributed by atoms with Crippen LogP contribution in [0.4, 0.5) is 5.82 Å². The lowest BCUT2D eigenvalue weighted by Gasteiger charge is -2.35. The molecule has 1 fully saturated rings. The number of hydrogen-bond acceptors (Lipinski definition) is 7. The highest BCUT2D eigenvalue weighted by molar-refractivity contribution is 5.57. The Bertz CT molecular complexity index is 837. The Labute approximate surface area is 159 Å². The van der Waals surface area contributed by atoms with Crippen LogP contribution in [0.5, 0.6) is 5.88 Å². The van der Waals surface area contributed by atoms with Crippen molar-refractivity contribution >= 4 is 5.82 Å². The van der Waals surface area contributed by atoms with Gasteiger partial charge in [-0.05, 0) is 43.9 Å². The molecule has 1 aliphatic heterocycles. The number of hydrogen-bond donors (Lipinski definition) is 0. The molecule has 0 aromatic carbocycles. The summed E-state index contributed by atoms with van der Waals surface area (Å²) in [6, 6.07) is 8.14. The van der Waals surface area contributed by atoms with Crippen molar-refractivity contribution < 1.29 is 4.74 Å². The predicted octanol–water partition coefficient (Wildman–Crippen LogP) is 1.74. The number of aryl methyl sites for hydroxylation is 3. The maximum absolute atomic E-state index is 9.52. The van der Waals surface area contributed by atoms with Gasteiger partial charge in [-0.1, -0.05) is 0 Å². The molecular formula is C20H24N6O. The minimum absolute atomic E-state index is 0.570. The van der Waals surface area contributed by atoms with Gasteiger partial charge in [0.05, 0.1) is 11.3 Å². The van der Waals surface area contributed by atoms with Crippen LogP contribution in [0, 0.1) is 18.3 Å². The molecule has 0 N–H and O–H groups in total. The van der Waals surface area contributed by atoms with Crippen LogP contribution >= 0.6 is 0 Å². The molecule has 0 amide bonds. The molecule has 2 aromatic heterocycles.